The van der Waals surface area contributed by atoms with E-state index in [1.165, 1.54) is 12.1 Å². The number of rotatable bonds is 5. The molecule has 0 saturated carbocycles. The maximum Gasteiger partial charge on any atom is 0.321 e. The molecule has 21 heavy (non-hydrogen) atoms. The highest BCUT2D eigenvalue weighted by atomic mass is 35.5. The average molecular weight is 356 g/mol. The zero-order valence-electron chi connectivity index (χ0n) is 11.5. The Morgan fingerprint density at radius 1 is 1.29 bits per heavy atom. The van der Waals surface area contributed by atoms with Crippen molar-refractivity contribution >= 4 is 37.4 Å². The first-order valence-corrected chi connectivity index (χ1v) is 9.24. The van der Waals surface area contributed by atoms with Gasteiger partial charge < -0.3 is 4.74 Å². The van der Waals surface area contributed by atoms with E-state index < -0.39 is 37.3 Å². The zero-order chi connectivity index (χ0) is 16.4. The summed E-state index contributed by atoms with van der Waals surface area (Å²) in [6, 6.07) is 3.34. The molecule has 0 amide bonds. The van der Waals surface area contributed by atoms with Crippen LogP contribution in [0.1, 0.15) is 0 Å². The Bertz CT molecular complexity index is 757. The van der Waals surface area contributed by atoms with Crippen LogP contribution in [-0.2, 0) is 29.4 Å². The number of hydrogen-bond donors (Lipinski definition) is 0. The topological polar surface area (TPSA) is 97.8 Å². The first-order chi connectivity index (χ1) is 9.50. The number of hydrogen-bond acceptors (Lipinski definition) is 6. The predicted octanol–water partition coefficient (Wildman–Crippen LogP) is 0.537. The lowest BCUT2D eigenvalue weighted by Crippen LogP contribution is -2.33. The minimum atomic E-state index is -4.12. The van der Waals surface area contributed by atoms with Crippen LogP contribution in [0.2, 0.25) is 5.02 Å². The molecule has 1 rings (SSSR count). The summed E-state index contributed by atoms with van der Waals surface area (Å²) in [7, 11) is -5.42. The molecule has 7 nitrogen and oxygen atoms in total. The quantitative estimate of drug-likeness (QED) is 0.715. The molecule has 0 unspecified atom stereocenters. The van der Waals surface area contributed by atoms with Crippen LogP contribution in [0.4, 0.5) is 0 Å². The van der Waals surface area contributed by atoms with Crippen LogP contribution in [0.3, 0.4) is 0 Å². The summed E-state index contributed by atoms with van der Waals surface area (Å²) in [5.74, 6) is -0.753. The lowest BCUT2D eigenvalue weighted by Gasteiger charge is -2.17. The van der Waals surface area contributed by atoms with Crippen molar-refractivity contribution in [2.45, 2.75) is 9.79 Å². The van der Waals surface area contributed by atoms with Gasteiger partial charge in [-0.2, -0.15) is 4.31 Å². The number of sulfonamides is 1. The maximum absolute atomic E-state index is 12.3. The number of carbonyl (C=O) groups is 1. The van der Waals surface area contributed by atoms with Crippen LogP contribution < -0.4 is 0 Å². The first kappa shape index (κ1) is 17.9. The van der Waals surface area contributed by atoms with Gasteiger partial charge in [0.2, 0.25) is 10.0 Å². The molecule has 0 heterocycles. The van der Waals surface area contributed by atoms with E-state index in [1.807, 2.05) is 0 Å². The Hall–Kier alpha value is -1.16. The molecule has 0 spiro atoms. The molecule has 0 aliphatic rings. The molecule has 0 atom stereocenters. The summed E-state index contributed by atoms with van der Waals surface area (Å²) in [6.07, 6.45) is 0.949. The molecule has 118 valence electrons. The highest BCUT2D eigenvalue weighted by molar-refractivity contribution is 7.91. The number of nitrogens with zero attached hydrogens (tertiary/aromatic N) is 1. The third-order valence-corrected chi connectivity index (χ3v) is 5.99. The number of likely N-dealkylation sites (N-methyl/N-ethyl adjacent to an activating group) is 1. The SMILES string of the molecule is COC(=O)CN(C)S(=O)(=O)c1cc(S(C)(=O)=O)ccc1Cl. The van der Waals surface area contributed by atoms with Crippen LogP contribution >= 0.6 is 11.6 Å². The van der Waals surface area contributed by atoms with Crippen molar-refractivity contribution in [1.82, 2.24) is 4.31 Å². The molecule has 1 aromatic carbocycles. The fraction of sp³-hybridized carbons (Fsp3) is 0.364. The number of carbonyl (C=O) groups excluding carboxylic acids is 1. The van der Waals surface area contributed by atoms with Gasteiger partial charge in [-0.05, 0) is 18.2 Å². The van der Waals surface area contributed by atoms with Crippen LogP contribution in [0.15, 0.2) is 28.0 Å². The third kappa shape index (κ3) is 4.16. The van der Waals surface area contributed by atoms with Gasteiger partial charge in [-0.3, -0.25) is 4.79 Å². The Morgan fingerprint density at radius 2 is 1.86 bits per heavy atom. The fourth-order valence-corrected chi connectivity index (χ4v) is 3.74. The number of esters is 1. The number of sulfone groups is 1. The van der Waals surface area contributed by atoms with E-state index in [0.717, 1.165) is 30.8 Å². The number of halogens is 1. The molecule has 0 aromatic heterocycles. The second-order valence-corrected chi connectivity index (χ2v) is 8.64. The van der Waals surface area contributed by atoms with Crippen molar-refractivity contribution in [3.63, 3.8) is 0 Å². The summed E-state index contributed by atoms with van der Waals surface area (Å²) in [5.41, 5.74) is 0. The van der Waals surface area contributed by atoms with E-state index in [-0.39, 0.29) is 9.92 Å². The van der Waals surface area contributed by atoms with Gasteiger partial charge in [-0.1, -0.05) is 11.6 Å². The van der Waals surface area contributed by atoms with Gasteiger partial charge in [0.1, 0.15) is 11.4 Å². The van der Waals surface area contributed by atoms with Crippen molar-refractivity contribution in [2.24, 2.45) is 0 Å². The molecule has 0 aliphatic heterocycles. The van der Waals surface area contributed by atoms with Crippen LogP contribution in [0, 0.1) is 0 Å². The normalized spacial score (nSPS) is 12.4. The maximum atomic E-state index is 12.3. The largest absolute Gasteiger partial charge is 0.468 e. The van der Waals surface area contributed by atoms with Crippen molar-refractivity contribution in [3.8, 4) is 0 Å². The molecule has 0 N–H and O–H groups in total. The first-order valence-electron chi connectivity index (χ1n) is 5.53. The van der Waals surface area contributed by atoms with E-state index in [1.54, 1.807) is 0 Å². The second-order valence-electron chi connectivity index (χ2n) is 4.20. The molecule has 0 aliphatic carbocycles. The number of methoxy groups -OCH3 is 1. The second kappa shape index (κ2) is 6.30. The number of benzene rings is 1. The van der Waals surface area contributed by atoms with Crippen LogP contribution in [-0.4, -0.2) is 54.1 Å². The summed E-state index contributed by atoms with van der Waals surface area (Å²) < 4.78 is 52.7. The summed E-state index contributed by atoms with van der Waals surface area (Å²) in [4.78, 5) is 10.6. The molecule has 0 radical (unpaired) electrons. The van der Waals surface area contributed by atoms with E-state index >= 15 is 0 Å². The molecular formula is C11H14ClNO6S2. The van der Waals surface area contributed by atoms with Gasteiger partial charge in [0, 0.05) is 13.3 Å². The fourth-order valence-electron chi connectivity index (χ4n) is 1.41. The molecule has 0 bridgehead atoms. The third-order valence-electron chi connectivity index (χ3n) is 2.60. The van der Waals surface area contributed by atoms with Gasteiger partial charge >= 0.3 is 5.97 Å². The van der Waals surface area contributed by atoms with Gasteiger partial charge in [0.25, 0.3) is 0 Å². The Labute approximate surface area is 128 Å². The minimum Gasteiger partial charge on any atom is -0.468 e. The van der Waals surface area contributed by atoms with Gasteiger partial charge in [-0.15, -0.1) is 0 Å². The van der Waals surface area contributed by atoms with Crippen LogP contribution in [0.5, 0.6) is 0 Å². The van der Waals surface area contributed by atoms with Gasteiger partial charge in [0.05, 0.1) is 17.0 Å². The molecule has 1 aromatic rings. The van der Waals surface area contributed by atoms with E-state index in [0.29, 0.717) is 0 Å². The smallest absolute Gasteiger partial charge is 0.321 e. The van der Waals surface area contributed by atoms with Crippen molar-refractivity contribution in [1.29, 1.82) is 0 Å². The minimum absolute atomic E-state index is 0.140. The highest BCUT2D eigenvalue weighted by Gasteiger charge is 2.27. The monoisotopic (exact) mass is 355 g/mol. The van der Waals surface area contributed by atoms with Crippen LogP contribution in [0.25, 0.3) is 0 Å². The van der Waals surface area contributed by atoms with E-state index in [4.69, 9.17) is 11.6 Å². The molecular weight excluding hydrogens is 342 g/mol. The van der Waals surface area contributed by atoms with Gasteiger partial charge in [-0.25, -0.2) is 16.8 Å². The molecule has 0 fully saturated rings. The number of ether oxygens (including phenoxy) is 1. The van der Waals surface area contributed by atoms with Gasteiger partial charge in [0.15, 0.2) is 9.84 Å². The Kier molecular flexibility index (Phi) is 5.37. The summed E-state index contributed by atoms with van der Waals surface area (Å²) in [6.45, 7) is -0.516. The van der Waals surface area contributed by atoms with Crippen molar-refractivity contribution in [2.75, 3.05) is 27.0 Å². The average Bonchev–Trinajstić information content (AvgIpc) is 2.37. The highest BCUT2D eigenvalue weighted by Crippen LogP contribution is 2.27. The van der Waals surface area contributed by atoms with E-state index in [9.17, 15) is 21.6 Å². The Morgan fingerprint density at radius 3 is 2.33 bits per heavy atom. The molecule has 0 saturated heterocycles. The summed E-state index contributed by atoms with van der Waals surface area (Å²) in [5, 5.41) is -0.140. The lowest BCUT2D eigenvalue weighted by atomic mass is 10.4. The molecule has 10 heteroatoms. The lowest BCUT2D eigenvalue weighted by molar-refractivity contribution is -0.140. The van der Waals surface area contributed by atoms with E-state index in [2.05, 4.69) is 4.74 Å². The Balaban J connectivity index is 3.34. The van der Waals surface area contributed by atoms with Crippen molar-refractivity contribution in [3.05, 3.63) is 23.2 Å². The predicted molar refractivity (Wildman–Crippen MR) is 76.4 cm³/mol. The zero-order valence-corrected chi connectivity index (χ0v) is 13.9. The van der Waals surface area contributed by atoms with Crippen molar-refractivity contribution < 1.29 is 26.4 Å². The summed E-state index contributed by atoms with van der Waals surface area (Å²) >= 11 is 5.83. The standard InChI is InChI=1S/C11H14ClNO6S2/c1-13(7-11(14)19-2)21(17,18)10-6-8(20(3,15)16)4-5-9(10)12/h4-6H,7H2,1-3H3.